The van der Waals surface area contributed by atoms with Crippen LogP contribution in [0.5, 0.6) is 0 Å². The maximum atomic E-state index is 5.23. The molecule has 3 heteroatoms. The van der Waals surface area contributed by atoms with Crippen LogP contribution >= 0.6 is 15.9 Å². The van der Waals surface area contributed by atoms with E-state index in [-0.39, 0.29) is 0 Å². The van der Waals surface area contributed by atoms with Gasteiger partial charge in [-0.3, -0.25) is 0 Å². The van der Waals surface area contributed by atoms with Gasteiger partial charge in [-0.05, 0) is 24.5 Å². The molecule has 0 aliphatic rings. The molecule has 0 saturated carbocycles. The largest absolute Gasteiger partial charge is 0.384 e. The number of methoxy groups -OCH3 is 1. The molecule has 1 rings (SSSR count). The van der Waals surface area contributed by atoms with Crippen LogP contribution in [0.25, 0.3) is 0 Å². The highest BCUT2D eigenvalue weighted by Crippen LogP contribution is 2.25. The average Bonchev–Trinajstić information content (AvgIpc) is 2.30. The summed E-state index contributed by atoms with van der Waals surface area (Å²) in [5.74, 6) is 0.703. The van der Waals surface area contributed by atoms with Gasteiger partial charge in [0.25, 0.3) is 0 Å². The Hall–Kier alpha value is -0.540. The molecule has 1 atom stereocenters. The maximum Gasteiger partial charge on any atom is 0.0744 e. The molecule has 96 valence electrons. The highest BCUT2D eigenvalue weighted by molar-refractivity contribution is 9.10. The van der Waals surface area contributed by atoms with E-state index in [9.17, 15) is 0 Å². The molecule has 0 aliphatic carbocycles. The van der Waals surface area contributed by atoms with Crippen LogP contribution < -0.4 is 5.32 Å². The molecule has 0 aliphatic heterocycles. The van der Waals surface area contributed by atoms with E-state index >= 15 is 0 Å². The van der Waals surface area contributed by atoms with Gasteiger partial charge in [0.05, 0.1) is 6.61 Å². The third-order valence-corrected chi connectivity index (χ3v) is 3.57. The summed E-state index contributed by atoms with van der Waals surface area (Å²) < 4.78 is 6.34. The van der Waals surface area contributed by atoms with Crippen LogP contribution in [0.2, 0.25) is 0 Å². The number of ether oxygens (including phenoxy) is 1. The summed E-state index contributed by atoms with van der Waals surface area (Å²) in [6.07, 6.45) is 2.51. The van der Waals surface area contributed by atoms with Gasteiger partial charge >= 0.3 is 0 Å². The smallest absolute Gasteiger partial charge is 0.0744 e. The van der Waals surface area contributed by atoms with Crippen LogP contribution in [0.4, 0.5) is 5.69 Å². The van der Waals surface area contributed by atoms with Crippen molar-refractivity contribution in [3.63, 3.8) is 0 Å². The Morgan fingerprint density at radius 2 is 2.18 bits per heavy atom. The van der Waals surface area contributed by atoms with E-state index in [1.807, 2.05) is 0 Å². The van der Waals surface area contributed by atoms with Gasteiger partial charge in [0, 0.05) is 29.4 Å². The molecule has 0 radical (unpaired) electrons. The quantitative estimate of drug-likeness (QED) is 0.803. The average molecular weight is 300 g/mol. The molecule has 1 aromatic carbocycles. The fourth-order valence-corrected chi connectivity index (χ4v) is 2.38. The minimum Gasteiger partial charge on any atom is -0.384 e. The number of hydrogen-bond donors (Lipinski definition) is 1. The van der Waals surface area contributed by atoms with Crippen LogP contribution in [0.1, 0.15) is 32.3 Å². The zero-order valence-corrected chi connectivity index (χ0v) is 12.5. The molecule has 0 fully saturated rings. The predicted octanol–water partition coefficient (Wildman–Crippen LogP) is 4.44. The van der Waals surface area contributed by atoms with E-state index in [2.05, 4.69) is 53.3 Å². The number of rotatable bonds is 7. The summed E-state index contributed by atoms with van der Waals surface area (Å²) in [7, 11) is 1.73. The van der Waals surface area contributed by atoms with Crippen molar-refractivity contribution in [2.75, 3.05) is 19.0 Å². The molecule has 0 heterocycles. The summed E-state index contributed by atoms with van der Waals surface area (Å²) in [5, 5.41) is 3.51. The van der Waals surface area contributed by atoms with Crippen LogP contribution in [0, 0.1) is 5.92 Å². The van der Waals surface area contributed by atoms with Crippen LogP contribution in [0.15, 0.2) is 22.7 Å². The van der Waals surface area contributed by atoms with Gasteiger partial charge in [0.2, 0.25) is 0 Å². The molecule has 1 N–H and O–H groups in total. The Balaban J connectivity index is 2.66. The molecular formula is C14H22BrNO. The monoisotopic (exact) mass is 299 g/mol. The summed E-state index contributed by atoms with van der Waals surface area (Å²) in [4.78, 5) is 0. The van der Waals surface area contributed by atoms with Crippen LogP contribution in [-0.2, 0) is 11.3 Å². The maximum absolute atomic E-state index is 5.23. The van der Waals surface area contributed by atoms with Crippen LogP contribution in [-0.4, -0.2) is 13.7 Å². The number of benzene rings is 1. The molecule has 0 bridgehead atoms. The van der Waals surface area contributed by atoms with Gasteiger partial charge in [-0.2, -0.15) is 0 Å². The van der Waals surface area contributed by atoms with Gasteiger partial charge in [-0.1, -0.05) is 42.3 Å². The Kier molecular flexibility index (Phi) is 6.60. The fraction of sp³-hybridized carbons (Fsp3) is 0.571. The third kappa shape index (κ3) is 4.68. The zero-order valence-electron chi connectivity index (χ0n) is 10.9. The standard InChI is InChI=1S/C14H22BrNO/c1-4-6-11(2)9-16-14-8-5-7-13(15)12(14)10-17-3/h5,7-8,11,16H,4,6,9-10H2,1-3H3. The SMILES string of the molecule is CCCC(C)CNc1cccc(Br)c1COC. The highest BCUT2D eigenvalue weighted by atomic mass is 79.9. The van der Waals surface area contributed by atoms with E-state index < -0.39 is 0 Å². The number of hydrogen-bond acceptors (Lipinski definition) is 2. The molecule has 17 heavy (non-hydrogen) atoms. The van der Waals surface area contributed by atoms with Gasteiger partial charge < -0.3 is 10.1 Å². The van der Waals surface area contributed by atoms with E-state index in [4.69, 9.17) is 4.74 Å². The lowest BCUT2D eigenvalue weighted by molar-refractivity contribution is 0.185. The van der Waals surface area contributed by atoms with Crippen molar-refractivity contribution in [3.05, 3.63) is 28.2 Å². The Morgan fingerprint density at radius 1 is 1.41 bits per heavy atom. The van der Waals surface area contributed by atoms with Gasteiger partial charge in [-0.15, -0.1) is 0 Å². The first-order valence-corrected chi connectivity index (χ1v) is 6.98. The third-order valence-electron chi connectivity index (χ3n) is 2.83. The Labute approximate surface area is 113 Å². The van der Waals surface area contributed by atoms with Crippen molar-refractivity contribution in [2.45, 2.75) is 33.3 Å². The molecule has 2 nitrogen and oxygen atoms in total. The lowest BCUT2D eigenvalue weighted by Crippen LogP contribution is -2.12. The van der Waals surface area contributed by atoms with Crippen molar-refractivity contribution in [3.8, 4) is 0 Å². The van der Waals surface area contributed by atoms with E-state index in [0.29, 0.717) is 12.5 Å². The van der Waals surface area contributed by atoms with Crippen molar-refractivity contribution in [1.82, 2.24) is 0 Å². The molecule has 0 aromatic heterocycles. The molecular weight excluding hydrogens is 278 g/mol. The number of nitrogens with one attached hydrogen (secondary N) is 1. The Morgan fingerprint density at radius 3 is 2.82 bits per heavy atom. The topological polar surface area (TPSA) is 21.3 Å². The van der Waals surface area contributed by atoms with E-state index in [0.717, 1.165) is 11.0 Å². The zero-order chi connectivity index (χ0) is 12.7. The van der Waals surface area contributed by atoms with Crippen molar-refractivity contribution in [1.29, 1.82) is 0 Å². The molecule has 0 saturated heterocycles. The van der Waals surface area contributed by atoms with E-state index in [1.165, 1.54) is 24.1 Å². The molecule has 0 spiro atoms. The van der Waals surface area contributed by atoms with E-state index in [1.54, 1.807) is 7.11 Å². The van der Waals surface area contributed by atoms with Gasteiger partial charge in [-0.25, -0.2) is 0 Å². The lowest BCUT2D eigenvalue weighted by Gasteiger charge is -2.16. The second-order valence-corrected chi connectivity index (χ2v) is 5.33. The molecule has 1 unspecified atom stereocenters. The van der Waals surface area contributed by atoms with Crippen molar-refractivity contribution >= 4 is 21.6 Å². The van der Waals surface area contributed by atoms with Gasteiger partial charge in [0.1, 0.15) is 0 Å². The second kappa shape index (κ2) is 7.72. The highest BCUT2D eigenvalue weighted by Gasteiger charge is 2.07. The lowest BCUT2D eigenvalue weighted by atomic mass is 10.1. The molecule has 1 aromatic rings. The first-order chi connectivity index (χ1) is 8.19. The van der Waals surface area contributed by atoms with Gasteiger partial charge in [0.15, 0.2) is 0 Å². The number of anilines is 1. The number of halogens is 1. The predicted molar refractivity (Wildman–Crippen MR) is 77.4 cm³/mol. The van der Waals surface area contributed by atoms with Crippen molar-refractivity contribution < 1.29 is 4.74 Å². The summed E-state index contributed by atoms with van der Waals surface area (Å²) in [5.41, 5.74) is 2.36. The summed E-state index contributed by atoms with van der Waals surface area (Å²) in [6, 6.07) is 6.21. The van der Waals surface area contributed by atoms with Crippen molar-refractivity contribution in [2.24, 2.45) is 5.92 Å². The minimum absolute atomic E-state index is 0.631. The molecule has 0 amide bonds. The van der Waals surface area contributed by atoms with Crippen LogP contribution in [0.3, 0.4) is 0 Å². The summed E-state index contributed by atoms with van der Waals surface area (Å²) >= 11 is 3.57. The second-order valence-electron chi connectivity index (χ2n) is 4.47. The fourth-order valence-electron chi connectivity index (χ4n) is 1.89. The Bertz CT molecular complexity index is 341. The minimum atomic E-state index is 0.631. The first kappa shape index (κ1) is 14.5. The normalized spacial score (nSPS) is 12.5. The summed E-state index contributed by atoms with van der Waals surface area (Å²) in [6.45, 7) is 6.16. The first-order valence-electron chi connectivity index (χ1n) is 6.19.